The molecule has 0 spiro atoms. The summed E-state index contributed by atoms with van der Waals surface area (Å²) in [6.07, 6.45) is 1.93. The molecule has 1 aliphatic carbocycles. The number of ketones is 1. The molecule has 2 unspecified atom stereocenters. The second-order valence-corrected chi connectivity index (χ2v) is 7.58. The summed E-state index contributed by atoms with van der Waals surface area (Å²) >= 11 is 1.40. The smallest absolute Gasteiger partial charge is 0.349 e. The van der Waals surface area contributed by atoms with Gasteiger partial charge in [0.2, 0.25) is 5.78 Å². The monoisotopic (exact) mass is 364 g/mol. The van der Waals surface area contributed by atoms with Gasteiger partial charge in [-0.3, -0.25) is 4.79 Å². The summed E-state index contributed by atoms with van der Waals surface area (Å²) in [5.41, 5.74) is 1.15. The molecule has 1 aromatic carbocycles. The number of ether oxygens (including phenoxy) is 1. The highest BCUT2D eigenvalue weighted by molar-refractivity contribution is 7.14. The Hall–Kier alpha value is -2.08. The Morgan fingerprint density at radius 2 is 2.00 bits per heavy atom. The van der Waals surface area contributed by atoms with E-state index in [2.05, 4.69) is 6.92 Å². The van der Waals surface area contributed by atoms with E-state index in [1.54, 1.807) is 0 Å². The van der Waals surface area contributed by atoms with E-state index in [0.717, 1.165) is 31.4 Å². The van der Waals surface area contributed by atoms with Crippen LogP contribution in [-0.2, 0) is 17.6 Å². The van der Waals surface area contributed by atoms with E-state index in [-0.39, 0.29) is 5.56 Å². The van der Waals surface area contributed by atoms with Crippen LogP contribution in [0.3, 0.4) is 0 Å². The van der Waals surface area contributed by atoms with Crippen LogP contribution < -0.4 is 0 Å². The van der Waals surface area contributed by atoms with Crippen molar-refractivity contribution in [3.8, 4) is 0 Å². The van der Waals surface area contributed by atoms with Crippen LogP contribution in [-0.4, -0.2) is 17.9 Å². The minimum absolute atomic E-state index is 0.0292. The van der Waals surface area contributed by atoms with E-state index >= 15 is 0 Å². The molecule has 0 bridgehead atoms. The van der Waals surface area contributed by atoms with E-state index in [9.17, 15) is 18.4 Å². The van der Waals surface area contributed by atoms with Crippen molar-refractivity contribution in [3.63, 3.8) is 0 Å². The Kier molecular flexibility index (Phi) is 4.99. The average molecular weight is 364 g/mol. The normalized spacial score (nSPS) is 17.7. The molecule has 3 nitrogen and oxygen atoms in total. The van der Waals surface area contributed by atoms with Crippen LogP contribution in [0.5, 0.6) is 0 Å². The van der Waals surface area contributed by atoms with Gasteiger partial charge in [0.05, 0.1) is 0 Å². The molecule has 0 fully saturated rings. The maximum absolute atomic E-state index is 13.3. The molecule has 25 heavy (non-hydrogen) atoms. The summed E-state index contributed by atoms with van der Waals surface area (Å²) in [7, 11) is 0. The van der Waals surface area contributed by atoms with E-state index in [4.69, 9.17) is 4.74 Å². The van der Waals surface area contributed by atoms with Gasteiger partial charge in [0, 0.05) is 10.4 Å². The maximum Gasteiger partial charge on any atom is 0.349 e. The van der Waals surface area contributed by atoms with Gasteiger partial charge < -0.3 is 4.74 Å². The molecule has 0 amide bonds. The Morgan fingerprint density at radius 3 is 2.72 bits per heavy atom. The van der Waals surface area contributed by atoms with Gasteiger partial charge in [-0.25, -0.2) is 13.6 Å². The molecule has 3 rings (SSSR count). The third-order valence-electron chi connectivity index (χ3n) is 4.39. The van der Waals surface area contributed by atoms with Gasteiger partial charge in [0.25, 0.3) is 0 Å². The lowest BCUT2D eigenvalue weighted by molar-refractivity contribution is 0.0323. The van der Waals surface area contributed by atoms with Crippen molar-refractivity contribution in [1.82, 2.24) is 0 Å². The van der Waals surface area contributed by atoms with Crippen LogP contribution in [0.2, 0.25) is 0 Å². The number of benzene rings is 1. The van der Waals surface area contributed by atoms with Crippen LogP contribution in [0.1, 0.15) is 50.7 Å². The Labute approximate surface area is 148 Å². The number of thiophene rings is 1. The lowest BCUT2D eigenvalue weighted by Crippen LogP contribution is -2.24. The molecule has 0 saturated heterocycles. The zero-order valence-corrected chi connectivity index (χ0v) is 14.8. The Balaban J connectivity index is 1.70. The minimum Gasteiger partial charge on any atom is -0.450 e. The summed E-state index contributed by atoms with van der Waals surface area (Å²) in [4.78, 5) is 26.2. The number of halogens is 2. The summed E-state index contributed by atoms with van der Waals surface area (Å²) in [6, 6.07) is 4.71. The van der Waals surface area contributed by atoms with Gasteiger partial charge in [-0.2, -0.15) is 0 Å². The molecule has 0 saturated carbocycles. The molecule has 1 heterocycles. The molecule has 1 aromatic heterocycles. The van der Waals surface area contributed by atoms with Crippen molar-refractivity contribution < 1.29 is 23.1 Å². The molecule has 0 radical (unpaired) electrons. The highest BCUT2D eigenvalue weighted by atomic mass is 32.1. The number of aryl methyl sites for hydroxylation is 1. The van der Waals surface area contributed by atoms with Crippen LogP contribution in [0.25, 0.3) is 0 Å². The van der Waals surface area contributed by atoms with Crippen LogP contribution in [0.15, 0.2) is 24.3 Å². The van der Waals surface area contributed by atoms with Crippen molar-refractivity contribution in [3.05, 3.63) is 56.8 Å². The summed E-state index contributed by atoms with van der Waals surface area (Å²) in [6.45, 7) is 3.61. The average Bonchev–Trinajstić information content (AvgIpc) is 2.99. The number of carbonyl (C=O) groups excluding carboxylic acids is 2. The quantitative estimate of drug-likeness (QED) is 0.589. The molecular weight excluding hydrogens is 346 g/mol. The number of hydrogen-bond donors (Lipinski definition) is 0. The SMILES string of the molecule is CC1CCc2sc(C(=O)OC(C)C(=O)c3ccc(F)c(F)c3)cc2C1. The third-order valence-corrected chi connectivity index (χ3v) is 5.60. The molecule has 6 heteroatoms. The predicted molar refractivity (Wildman–Crippen MR) is 91.1 cm³/mol. The topological polar surface area (TPSA) is 43.4 Å². The highest BCUT2D eigenvalue weighted by Crippen LogP contribution is 2.32. The first-order valence-corrected chi connectivity index (χ1v) is 8.98. The highest BCUT2D eigenvalue weighted by Gasteiger charge is 2.25. The number of Topliss-reactive ketones (excluding diaryl/α,β-unsaturated/α-hetero) is 1. The van der Waals surface area contributed by atoms with Crippen molar-refractivity contribution >= 4 is 23.1 Å². The number of rotatable bonds is 4. The lowest BCUT2D eigenvalue weighted by atomic mass is 9.90. The standard InChI is InChI=1S/C19H18F2O3S/c1-10-3-6-16-13(7-10)9-17(25-16)19(23)24-11(2)18(22)12-4-5-14(20)15(21)8-12/h4-5,8-11H,3,6-7H2,1-2H3. The molecule has 132 valence electrons. The van der Waals surface area contributed by atoms with E-state index in [1.807, 2.05) is 6.07 Å². The Bertz CT molecular complexity index is 828. The first-order valence-electron chi connectivity index (χ1n) is 8.17. The summed E-state index contributed by atoms with van der Waals surface area (Å²) in [5.74, 6) is -2.67. The van der Waals surface area contributed by atoms with Gasteiger partial charge in [0.1, 0.15) is 4.88 Å². The van der Waals surface area contributed by atoms with Gasteiger partial charge in [-0.15, -0.1) is 11.3 Å². The van der Waals surface area contributed by atoms with Crippen molar-refractivity contribution in [2.75, 3.05) is 0 Å². The number of fused-ring (bicyclic) bond motifs is 1. The second kappa shape index (κ2) is 7.04. The maximum atomic E-state index is 13.3. The fourth-order valence-electron chi connectivity index (χ4n) is 2.96. The number of hydrogen-bond acceptors (Lipinski definition) is 4. The zero-order valence-electron chi connectivity index (χ0n) is 14.0. The molecule has 0 aliphatic heterocycles. The van der Waals surface area contributed by atoms with Crippen molar-refractivity contribution in [2.45, 2.75) is 39.2 Å². The van der Waals surface area contributed by atoms with Crippen molar-refractivity contribution in [1.29, 1.82) is 0 Å². The predicted octanol–water partition coefficient (Wildman–Crippen LogP) is 4.58. The minimum atomic E-state index is -1.11. The van der Waals surface area contributed by atoms with E-state index < -0.39 is 29.5 Å². The molecular formula is C19H18F2O3S. The first-order chi connectivity index (χ1) is 11.8. The van der Waals surface area contributed by atoms with Gasteiger partial charge in [-0.05, 0) is 61.9 Å². The van der Waals surface area contributed by atoms with Gasteiger partial charge >= 0.3 is 5.97 Å². The van der Waals surface area contributed by atoms with Crippen LogP contribution >= 0.6 is 11.3 Å². The van der Waals surface area contributed by atoms with Crippen LogP contribution in [0, 0.1) is 17.6 Å². The first kappa shape index (κ1) is 17.7. The lowest BCUT2D eigenvalue weighted by Gasteiger charge is -2.16. The fraction of sp³-hybridized carbons (Fsp3) is 0.368. The van der Waals surface area contributed by atoms with Crippen LogP contribution in [0.4, 0.5) is 8.78 Å². The second-order valence-electron chi connectivity index (χ2n) is 6.45. The fourth-order valence-corrected chi connectivity index (χ4v) is 4.05. The molecule has 1 aliphatic rings. The molecule has 2 atom stereocenters. The third kappa shape index (κ3) is 3.79. The zero-order chi connectivity index (χ0) is 18.1. The Morgan fingerprint density at radius 1 is 1.24 bits per heavy atom. The van der Waals surface area contributed by atoms with Crippen molar-refractivity contribution in [2.24, 2.45) is 5.92 Å². The number of carbonyl (C=O) groups is 2. The van der Waals surface area contributed by atoms with E-state index in [1.165, 1.54) is 34.8 Å². The largest absolute Gasteiger partial charge is 0.450 e. The van der Waals surface area contributed by atoms with Gasteiger partial charge in [-0.1, -0.05) is 6.92 Å². The molecule has 0 N–H and O–H groups in total. The summed E-state index contributed by atoms with van der Waals surface area (Å²) in [5, 5.41) is 0. The van der Waals surface area contributed by atoms with Gasteiger partial charge in [0.15, 0.2) is 17.7 Å². The van der Waals surface area contributed by atoms with E-state index in [0.29, 0.717) is 10.8 Å². The number of esters is 1. The molecule has 2 aromatic rings. The summed E-state index contributed by atoms with van der Waals surface area (Å²) < 4.78 is 31.5.